The van der Waals surface area contributed by atoms with E-state index in [2.05, 4.69) is 5.32 Å². The van der Waals surface area contributed by atoms with Gasteiger partial charge in [-0.1, -0.05) is 24.3 Å². The highest BCUT2D eigenvalue weighted by Crippen LogP contribution is 2.35. The average Bonchev–Trinajstić information content (AvgIpc) is 3.20. The number of anilines is 1. The normalized spacial score (nSPS) is 15.4. The van der Waals surface area contributed by atoms with Crippen LogP contribution in [0.2, 0.25) is 0 Å². The number of benzene rings is 3. The number of carbonyl (C=O) groups excluding carboxylic acids is 3. The Hall–Kier alpha value is -4.51. The molecule has 0 bridgehead atoms. The fourth-order valence-corrected chi connectivity index (χ4v) is 4.76. The predicted molar refractivity (Wildman–Crippen MR) is 142 cm³/mol. The maximum absolute atomic E-state index is 13.9. The van der Waals surface area contributed by atoms with Crippen molar-refractivity contribution in [2.75, 3.05) is 32.2 Å². The molecular formula is C28H23FN2O7S. The minimum Gasteiger partial charge on any atom is -0.493 e. The summed E-state index contributed by atoms with van der Waals surface area (Å²) in [4.78, 5) is 39.1. The Morgan fingerprint density at radius 2 is 1.85 bits per heavy atom. The third-order valence-corrected chi connectivity index (χ3v) is 6.74. The molecule has 0 spiro atoms. The van der Waals surface area contributed by atoms with Crippen molar-refractivity contribution in [2.45, 2.75) is 6.61 Å². The topological polar surface area (TPSA) is 103 Å². The monoisotopic (exact) mass is 550 g/mol. The Bertz CT molecular complexity index is 1480. The van der Waals surface area contributed by atoms with Crippen molar-refractivity contribution in [3.05, 3.63) is 82.5 Å². The SMILES string of the molecule is COc1cc(/C=C2/SC(=O)N(CC(=O)Nc3ccc4c(c3)OCCO4)C2=O)ccc1OCc1ccccc1F. The van der Waals surface area contributed by atoms with E-state index in [0.29, 0.717) is 53.0 Å². The Labute approximate surface area is 227 Å². The number of ether oxygens (including phenoxy) is 4. The van der Waals surface area contributed by atoms with Crippen LogP contribution < -0.4 is 24.3 Å². The maximum atomic E-state index is 13.9. The van der Waals surface area contributed by atoms with Crippen molar-refractivity contribution in [3.8, 4) is 23.0 Å². The molecule has 0 atom stereocenters. The number of carbonyl (C=O) groups is 3. The van der Waals surface area contributed by atoms with E-state index in [-0.39, 0.29) is 17.3 Å². The van der Waals surface area contributed by atoms with Gasteiger partial charge in [0, 0.05) is 17.3 Å². The molecular weight excluding hydrogens is 527 g/mol. The molecule has 0 aromatic heterocycles. The summed E-state index contributed by atoms with van der Waals surface area (Å²) >= 11 is 0.739. The van der Waals surface area contributed by atoms with Gasteiger partial charge in [-0.25, -0.2) is 4.39 Å². The van der Waals surface area contributed by atoms with Crippen LogP contribution in [0.15, 0.2) is 65.6 Å². The van der Waals surface area contributed by atoms with Crippen molar-refractivity contribution in [1.29, 1.82) is 0 Å². The van der Waals surface area contributed by atoms with E-state index >= 15 is 0 Å². The summed E-state index contributed by atoms with van der Waals surface area (Å²) in [6.45, 7) is 0.423. The maximum Gasteiger partial charge on any atom is 0.294 e. The first kappa shape index (κ1) is 26.1. The van der Waals surface area contributed by atoms with Crippen molar-refractivity contribution in [3.63, 3.8) is 0 Å². The van der Waals surface area contributed by atoms with E-state index in [9.17, 15) is 18.8 Å². The van der Waals surface area contributed by atoms with Crippen LogP contribution in [0.1, 0.15) is 11.1 Å². The number of hydrogen-bond acceptors (Lipinski definition) is 8. The van der Waals surface area contributed by atoms with Gasteiger partial charge in [0.15, 0.2) is 23.0 Å². The minimum absolute atomic E-state index is 0.00952. The van der Waals surface area contributed by atoms with Gasteiger partial charge in [-0.3, -0.25) is 19.3 Å². The van der Waals surface area contributed by atoms with Gasteiger partial charge in [-0.05, 0) is 53.7 Å². The van der Waals surface area contributed by atoms with Gasteiger partial charge in [-0.15, -0.1) is 0 Å². The smallest absolute Gasteiger partial charge is 0.294 e. The van der Waals surface area contributed by atoms with Gasteiger partial charge in [0.25, 0.3) is 11.1 Å². The van der Waals surface area contributed by atoms with Gasteiger partial charge in [0.2, 0.25) is 5.91 Å². The van der Waals surface area contributed by atoms with Crippen molar-refractivity contribution < 1.29 is 37.7 Å². The summed E-state index contributed by atoms with van der Waals surface area (Å²) in [7, 11) is 1.46. The molecule has 0 saturated carbocycles. The first-order valence-corrected chi connectivity index (χ1v) is 12.7. The first-order valence-electron chi connectivity index (χ1n) is 11.9. The number of nitrogens with zero attached hydrogens (tertiary/aromatic N) is 1. The highest BCUT2D eigenvalue weighted by molar-refractivity contribution is 8.18. The summed E-state index contributed by atoms with van der Waals surface area (Å²) < 4.78 is 36.0. The molecule has 5 rings (SSSR count). The van der Waals surface area contributed by atoms with Crippen molar-refractivity contribution >= 4 is 40.6 Å². The number of nitrogens with one attached hydrogen (secondary N) is 1. The Morgan fingerprint density at radius 3 is 2.64 bits per heavy atom. The molecule has 3 amide bonds. The van der Waals surface area contributed by atoms with Gasteiger partial charge in [0.1, 0.15) is 32.2 Å². The lowest BCUT2D eigenvalue weighted by atomic mass is 10.1. The lowest BCUT2D eigenvalue weighted by Crippen LogP contribution is -2.36. The minimum atomic E-state index is -0.582. The van der Waals surface area contributed by atoms with E-state index in [4.69, 9.17) is 18.9 Å². The average molecular weight is 551 g/mol. The Kier molecular flexibility index (Phi) is 7.69. The second kappa shape index (κ2) is 11.5. The van der Waals surface area contributed by atoms with Gasteiger partial charge in [0.05, 0.1) is 12.0 Å². The third-order valence-electron chi connectivity index (χ3n) is 5.83. The van der Waals surface area contributed by atoms with E-state index in [0.717, 1.165) is 16.7 Å². The highest BCUT2D eigenvalue weighted by atomic mass is 32.2. The molecule has 2 aliphatic rings. The molecule has 11 heteroatoms. The molecule has 1 fully saturated rings. The molecule has 0 unspecified atom stereocenters. The number of rotatable bonds is 8. The van der Waals surface area contributed by atoms with Gasteiger partial charge < -0.3 is 24.3 Å². The summed E-state index contributed by atoms with van der Waals surface area (Å²) in [5.41, 5.74) is 1.43. The Morgan fingerprint density at radius 1 is 1.05 bits per heavy atom. The number of thioether (sulfide) groups is 1. The molecule has 0 aliphatic carbocycles. The number of halogens is 1. The first-order chi connectivity index (χ1) is 18.9. The lowest BCUT2D eigenvalue weighted by molar-refractivity contribution is -0.127. The fourth-order valence-electron chi connectivity index (χ4n) is 3.92. The molecule has 3 aromatic rings. The second-order valence-electron chi connectivity index (χ2n) is 8.46. The van der Waals surface area contributed by atoms with Crippen molar-refractivity contribution in [2.24, 2.45) is 0 Å². The van der Waals surface area contributed by atoms with E-state index < -0.39 is 23.6 Å². The molecule has 200 valence electrons. The molecule has 2 aliphatic heterocycles. The molecule has 39 heavy (non-hydrogen) atoms. The van der Waals surface area contributed by atoms with Gasteiger partial charge in [-0.2, -0.15) is 0 Å². The predicted octanol–water partition coefficient (Wildman–Crippen LogP) is 4.86. The van der Waals surface area contributed by atoms with E-state index in [1.807, 2.05) is 0 Å². The molecule has 3 aromatic carbocycles. The number of methoxy groups -OCH3 is 1. The van der Waals surface area contributed by atoms with Crippen LogP contribution in [0.3, 0.4) is 0 Å². The Balaban J connectivity index is 1.23. The van der Waals surface area contributed by atoms with E-state index in [1.165, 1.54) is 19.3 Å². The van der Waals surface area contributed by atoms with Crippen LogP contribution in [0, 0.1) is 5.82 Å². The van der Waals surface area contributed by atoms with Crippen LogP contribution in [0.25, 0.3) is 6.08 Å². The number of amides is 3. The largest absolute Gasteiger partial charge is 0.493 e. The second-order valence-corrected chi connectivity index (χ2v) is 9.46. The van der Waals surface area contributed by atoms with Crippen LogP contribution in [0.4, 0.5) is 14.9 Å². The lowest BCUT2D eigenvalue weighted by Gasteiger charge is -2.19. The van der Waals surface area contributed by atoms with Crippen LogP contribution in [-0.4, -0.2) is 48.8 Å². The standard InChI is InChI=1S/C28H23FN2O7S/c1-35-23-12-17(6-8-21(23)38-16-18-4-2-3-5-20(18)29)13-25-27(33)31(28(34)39-25)15-26(32)30-19-7-9-22-24(14-19)37-11-10-36-22/h2-9,12-14H,10-11,15-16H2,1H3,(H,30,32)/b25-13+. The third kappa shape index (κ3) is 5.99. The zero-order valence-electron chi connectivity index (χ0n) is 20.8. The molecule has 1 N–H and O–H groups in total. The van der Waals surface area contributed by atoms with Crippen molar-refractivity contribution in [1.82, 2.24) is 4.90 Å². The summed E-state index contributed by atoms with van der Waals surface area (Å²) in [5, 5.41) is 2.11. The van der Waals surface area contributed by atoms with Crippen LogP contribution in [-0.2, 0) is 16.2 Å². The number of imide groups is 1. The van der Waals surface area contributed by atoms with Gasteiger partial charge >= 0.3 is 0 Å². The van der Waals surface area contributed by atoms with E-state index in [1.54, 1.807) is 54.6 Å². The summed E-state index contributed by atoms with van der Waals surface area (Å²) in [6.07, 6.45) is 1.53. The number of fused-ring (bicyclic) bond motifs is 1. The highest BCUT2D eigenvalue weighted by Gasteiger charge is 2.36. The molecule has 2 heterocycles. The molecule has 1 saturated heterocycles. The summed E-state index contributed by atoms with van der Waals surface area (Å²) in [6, 6.07) is 16.2. The number of hydrogen-bond donors (Lipinski definition) is 1. The van der Waals surface area contributed by atoms with Crippen LogP contribution >= 0.6 is 11.8 Å². The zero-order chi connectivity index (χ0) is 27.4. The van der Waals surface area contributed by atoms with Crippen LogP contribution in [0.5, 0.6) is 23.0 Å². The fraction of sp³-hybridized carbons (Fsp3) is 0.179. The molecule has 9 nitrogen and oxygen atoms in total. The summed E-state index contributed by atoms with van der Waals surface area (Å²) in [5.74, 6) is 0.363. The quantitative estimate of drug-likeness (QED) is 0.397. The zero-order valence-corrected chi connectivity index (χ0v) is 21.6. The molecule has 0 radical (unpaired) electrons.